The maximum Gasteiger partial charge on any atom is 0.326 e. The summed E-state index contributed by atoms with van der Waals surface area (Å²) in [5.41, 5.74) is 6.93. The first-order chi connectivity index (χ1) is 7.49. The van der Waals surface area contributed by atoms with Gasteiger partial charge in [-0.2, -0.15) is 0 Å². The summed E-state index contributed by atoms with van der Waals surface area (Å²) in [6, 6.07) is 6.01. The molecule has 1 aromatic rings. The van der Waals surface area contributed by atoms with Crippen molar-refractivity contribution in [1.29, 1.82) is 0 Å². The number of amides is 1. The smallest absolute Gasteiger partial charge is 0.326 e. The van der Waals surface area contributed by atoms with E-state index in [1.807, 2.05) is 0 Å². The molecule has 86 valence electrons. The molecule has 0 aliphatic carbocycles. The molecule has 0 saturated carbocycles. The molecule has 0 heterocycles. The lowest BCUT2D eigenvalue weighted by molar-refractivity contribution is -0.141. The maximum absolute atomic E-state index is 10.9. The third kappa shape index (κ3) is 3.61. The predicted octanol–water partition coefficient (Wildman–Crippen LogP) is 0.401. The number of anilines is 1. The zero-order valence-corrected chi connectivity index (χ0v) is 8.93. The Morgan fingerprint density at radius 2 is 2.19 bits per heavy atom. The van der Waals surface area contributed by atoms with E-state index < -0.39 is 12.0 Å². The Morgan fingerprint density at radius 3 is 2.69 bits per heavy atom. The van der Waals surface area contributed by atoms with Crippen molar-refractivity contribution >= 4 is 17.6 Å². The van der Waals surface area contributed by atoms with Gasteiger partial charge in [0.15, 0.2) is 0 Å². The minimum Gasteiger partial charge on any atom is -0.480 e. The number of nitrogens with two attached hydrogens (primary N) is 1. The number of hydrogen-bond donors (Lipinski definition) is 3. The highest BCUT2D eigenvalue weighted by Crippen LogP contribution is 2.09. The van der Waals surface area contributed by atoms with Crippen LogP contribution in [0.2, 0.25) is 0 Å². The first-order valence-electron chi connectivity index (χ1n) is 4.83. The molecule has 5 nitrogen and oxygen atoms in total. The molecule has 0 aliphatic heterocycles. The average Bonchev–Trinajstić information content (AvgIpc) is 2.15. The Hall–Kier alpha value is -2.04. The number of rotatable bonds is 4. The predicted molar refractivity (Wildman–Crippen MR) is 59.8 cm³/mol. The van der Waals surface area contributed by atoms with Gasteiger partial charge in [-0.3, -0.25) is 4.79 Å². The number of benzene rings is 1. The Morgan fingerprint density at radius 1 is 1.50 bits per heavy atom. The average molecular weight is 222 g/mol. The second-order valence-corrected chi connectivity index (χ2v) is 3.54. The van der Waals surface area contributed by atoms with Crippen LogP contribution in [-0.2, 0) is 16.0 Å². The topological polar surface area (TPSA) is 92.4 Å². The van der Waals surface area contributed by atoms with Gasteiger partial charge in [0.05, 0.1) is 0 Å². The molecule has 16 heavy (non-hydrogen) atoms. The number of carboxylic acids is 1. The number of hydrogen-bond acceptors (Lipinski definition) is 3. The minimum absolute atomic E-state index is 0.222. The molecular formula is C11H14N2O3. The molecule has 5 heteroatoms. The second-order valence-electron chi connectivity index (χ2n) is 3.54. The van der Waals surface area contributed by atoms with Gasteiger partial charge in [-0.05, 0) is 17.7 Å². The molecule has 0 bridgehead atoms. The Balaban J connectivity index is 2.75. The molecule has 0 aromatic heterocycles. The van der Waals surface area contributed by atoms with Crippen molar-refractivity contribution < 1.29 is 14.7 Å². The number of carbonyl (C=O) groups is 2. The molecule has 0 spiro atoms. The molecule has 0 radical (unpaired) electrons. The van der Waals surface area contributed by atoms with Crippen LogP contribution in [0.4, 0.5) is 5.69 Å². The van der Waals surface area contributed by atoms with Gasteiger partial charge < -0.3 is 16.2 Å². The van der Waals surface area contributed by atoms with Gasteiger partial charge in [0.1, 0.15) is 6.04 Å². The first-order valence-corrected chi connectivity index (χ1v) is 4.83. The number of carbonyl (C=O) groups excluding carboxylic acids is 1. The van der Waals surface area contributed by atoms with Crippen molar-refractivity contribution in [1.82, 2.24) is 5.32 Å². The van der Waals surface area contributed by atoms with Crippen LogP contribution < -0.4 is 11.1 Å². The van der Waals surface area contributed by atoms with Crippen LogP contribution in [0.1, 0.15) is 12.5 Å². The van der Waals surface area contributed by atoms with Gasteiger partial charge >= 0.3 is 5.97 Å². The van der Waals surface area contributed by atoms with Crippen molar-refractivity contribution in [2.24, 2.45) is 0 Å². The largest absolute Gasteiger partial charge is 0.480 e. The van der Waals surface area contributed by atoms with E-state index in [-0.39, 0.29) is 12.3 Å². The lowest BCUT2D eigenvalue weighted by Crippen LogP contribution is -2.41. The highest BCUT2D eigenvalue weighted by Gasteiger charge is 2.18. The van der Waals surface area contributed by atoms with Crippen molar-refractivity contribution in [3.05, 3.63) is 29.8 Å². The van der Waals surface area contributed by atoms with E-state index in [1.165, 1.54) is 6.92 Å². The lowest BCUT2D eigenvalue weighted by atomic mass is 10.1. The van der Waals surface area contributed by atoms with Gasteiger partial charge in [0.25, 0.3) is 0 Å². The van der Waals surface area contributed by atoms with E-state index in [1.54, 1.807) is 24.3 Å². The summed E-state index contributed by atoms with van der Waals surface area (Å²) in [4.78, 5) is 21.7. The molecule has 1 unspecified atom stereocenters. The van der Waals surface area contributed by atoms with Crippen LogP contribution in [-0.4, -0.2) is 23.0 Å². The second kappa shape index (κ2) is 5.16. The number of aliphatic carboxylic acids is 1. The van der Waals surface area contributed by atoms with E-state index in [9.17, 15) is 9.59 Å². The molecule has 1 atom stereocenters. The van der Waals surface area contributed by atoms with Crippen molar-refractivity contribution in [3.63, 3.8) is 0 Å². The van der Waals surface area contributed by atoms with Crippen LogP contribution in [0.3, 0.4) is 0 Å². The summed E-state index contributed by atoms with van der Waals surface area (Å²) in [6.45, 7) is 1.29. The third-order valence-corrected chi connectivity index (χ3v) is 2.07. The maximum atomic E-state index is 10.9. The van der Waals surface area contributed by atoms with Gasteiger partial charge in [0.2, 0.25) is 5.91 Å². The summed E-state index contributed by atoms with van der Waals surface area (Å²) >= 11 is 0. The molecule has 1 amide bonds. The van der Waals surface area contributed by atoms with E-state index >= 15 is 0 Å². The monoisotopic (exact) mass is 222 g/mol. The third-order valence-electron chi connectivity index (χ3n) is 2.07. The molecule has 4 N–H and O–H groups in total. The molecule has 0 fully saturated rings. The molecule has 1 aromatic carbocycles. The minimum atomic E-state index is -1.06. The van der Waals surface area contributed by atoms with Crippen molar-refractivity contribution in [2.45, 2.75) is 19.4 Å². The van der Waals surface area contributed by atoms with E-state index in [0.717, 1.165) is 5.56 Å². The first kappa shape index (κ1) is 12.0. The SMILES string of the molecule is CC(=O)NC(Cc1cccc(N)c1)C(=O)O. The van der Waals surface area contributed by atoms with Crippen LogP contribution in [0, 0.1) is 0 Å². The fourth-order valence-corrected chi connectivity index (χ4v) is 1.40. The van der Waals surface area contributed by atoms with E-state index in [2.05, 4.69) is 5.32 Å². The van der Waals surface area contributed by atoms with Crippen LogP contribution >= 0.6 is 0 Å². The van der Waals surface area contributed by atoms with Crippen LogP contribution in [0.15, 0.2) is 24.3 Å². The zero-order valence-electron chi connectivity index (χ0n) is 8.93. The number of nitrogens with one attached hydrogen (secondary N) is 1. The zero-order chi connectivity index (χ0) is 12.1. The fraction of sp³-hybridized carbons (Fsp3) is 0.273. The Bertz CT molecular complexity index is 404. The highest BCUT2D eigenvalue weighted by atomic mass is 16.4. The van der Waals surface area contributed by atoms with E-state index in [0.29, 0.717) is 5.69 Å². The van der Waals surface area contributed by atoms with Gasteiger partial charge in [-0.25, -0.2) is 4.79 Å². The van der Waals surface area contributed by atoms with Gasteiger partial charge in [-0.1, -0.05) is 12.1 Å². The summed E-state index contributed by atoms with van der Waals surface area (Å²) in [6.07, 6.45) is 0.222. The van der Waals surface area contributed by atoms with Crippen LogP contribution in [0.5, 0.6) is 0 Å². The fourth-order valence-electron chi connectivity index (χ4n) is 1.40. The summed E-state index contributed by atoms with van der Waals surface area (Å²) in [5, 5.41) is 11.3. The van der Waals surface area contributed by atoms with Gasteiger partial charge in [0, 0.05) is 19.0 Å². The summed E-state index contributed by atoms with van der Waals surface area (Å²) in [7, 11) is 0. The number of carboxylic acid groups (broad SMARTS) is 1. The molecule has 0 saturated heterocycles. The van der Waals surface area contributed by atoms with Crippen LogP contribution in [0.25, 0.3) is 0 Å². The Labute approximate surface area is 93.3 Å². The quantitative estimate of drug-likeness (QED) is 0.643. The molecular weight excluding hydrogens is 208 g/mol. The molecule has 1 rings (SSSR count). The summed E-state index contributed by atoms with van der Waals surface area (Å²) < 4.78 is 0. The highest BCUT2D eigenvalue weighted by molar-refractivity contribution is 5.82. The lowest BCUT2D eigenvalue weighted by Gasteiger charge is -2.13. The Kier molecular flexibility index (Phi) is 3.88. The number of nitrogen functional groups attached to an aromatic ring is 1. The van der Waals surface area contributed by atoms with Gasteiger partial charge in [-0.15, -0.1) is 0 Å². The van der Waals surface area contributed by atoms with Crippen molar-refractivity contribution in [3.8, 4) is 0 Å². The normalized spacial score (nSPS) is 11.8. The standard InChI is InChI=1S/C11H14N2O3/c1-7(14)13-10(11(15)16)6-8-3-2-4-9(12)5-8/h2-5,10H,6,12H2,1H3,(H,13,14)(H,15,16). The molecule has 0 aliphatic rings. The van der Waals surface area contributed by atoms with E-state index in [4.69, 9.17) is 10.8 Å². The summed E-state index contributed by atoms with van der Waals surface area (Å²) in [5.74, 6) is -1.42. The van der Waals surface area contributed by atoms with Crippen molar-refractivity contribution in [2.75, 3.05) is 5.73 Å².